The number of nitrogens with zero attached hydrogens (tertiary/aromatic N) is 2. The van der Waals surface area contributed by atoms with Crippen LogP contribution in [-0.4, -0.2) is 21.8 Å². The molecule has 0 aliphatic carbocycles. The Morgan fingerprint density at radius 1 is 1.24 bits per heavy atom. The summed E-state index contributed by atoms with van der Waals surface area (Å²) >= 11 is 0. The van der Waals surface area contributed by atoms with Gasteiger partial charge in [0.2, 0.25) is 0 Å². The Balaban J connectivity index is 2.29. The van der Waals surface area contributed by atoms with Crippen molar-refractivity contribution >= 4 is 11.0 Å². The van der Waals surface area contributed by atoms with E-state index in [9.17, 15) is 9.50 Å². The van der Waals surface area contributed by atoms with Gasteiger partial charge in [0.05, 0.1) is 23.7 Å². The summed E-state index contributed by atoms with van der Waals surface area (Å²) in [4.78, 5) is 4.52. The number of rotatable bonds is 3. The number of methoxy groups -OCH3 is 1. The van der Waals surface area contributed by atoms with Crippen LogP contribution in [0.2, 0.25) is 0 Å². The topological polar surface area (TPSA) is 47.3 Å². The maximum atomic E-state index is 13.5. The molecule has 108 valence electrons. The van der Waals surface area contributed by atoms with Gasteiger partial charge in [-0.05, 0) is 37.3 Å². The van der Waals surface area contributed by atoms with Crippen LogP contribution in [-0.2, 0) is 6.54 Å². The van der Waals surface area contributed by atoms with Crippen molar-refractivity contribution in [2.24, 2.45) is 0 Å². The Morgan fingerprint density at radius 2 is 2.05 bits per heavy atom. The Morgan fingerprint density at radius 3 is 2.76 bits per heavy atom. The summed E-state index contributed by atoms with van der Waals surface area (Å²) in [5.74, 6) is 0.847. The van der Waals surface area contributed by atoms with E-state index in [1.54, 1.807) is 7.11 Å². The number of ether oxygens (including phenoxy) is 1. The third kappa shape index (κ3) is 2.20. The van der Waals surface area contributed by atoms with Crippen molar-refractivity contribution < 1.29 is 14.2 Å². The molecule has 1 N–H and O–H groups in total. The molecule has 0 bridgehead atoms. The van der Waals surface area contributed by atoms with Crippen LogP contribution in [0.1, 0.15) is 6.92 Å². The van der Waals surface area contributed by atoms with Crippen LogP contribution in [0.5, 0.6) is 11.5 Å². The average Bonchev–Trinajstić information content (AvgIpc) is 2.86. The Hall–Kier alpha value is -2.56. The lowest BCUT2D eigenvalue weighted by Crippen LogP contribution is -1.98. The number of aryl methyl sites for hydroxylation is 1. The first-order valence-electron chi connectivity index (χ1n) is 6.67. The van der Waals surface area contributed by atoms with Gasteiger partial charge < -0.3 is 14.4 Å². The molecule has 3 rings (SSSR count). The first-order valence-corrected chi connectivity index (χ1v) is 6.67. The highest BCUT2D eigenvalue weighted by Gasteiger charge is 2.15. The lowest BCUT2D eigenvalue weighted by Gasteiger charge is -2.08. The van der Waals surface area contributed by atoms with E-state index in [4.69, 9.17) is 4.74 Å². The van der Waals surface area contributed by atoms with Gasteiger partial charge in [-0.1, -0.05) is 0 Å². The molecular formula is C16H15FN2O2. The molecule has 0 amide bonds. The third-order valence-electron chi connectivity index (χ3n) is 3.47. The van der Waals surface area contributed by atoms with Gasteiger partial charge in [0, 0.05) is 12.6 Å². The summed E-state index contributed by atoms with van der Waals surface area (Å²) in [5, 5.41) is 9.99. The van der Waals surface area contributed by atoms with Crippen molar-refractivity contribution in [2.75, 3.05) is 7.11 Å². The number of phenols is 1. The van der Waals surface area contributed by atoms with Gasteiger partial charge in [-0.2, -0.15) is 0 Å². The van der Waals surface area contributed by atoms with Gasteiger partial charge in [-0.15, -0.1) is 0 Å². The molecule has 0 unspecified atom stereocenters. The average molecular weight is 286 g/mol. The van der Waals surface area contributed by atoms with Crippen LogP contribution in [0.15, 0.2) is 36.4 Å². The van der Waals surface area contributed by atoms with Gasteiger partial charge in [0.25, 0.3) is 0 Å². The second kappa shape index (κ2) is 5.09. The van der Waals surface area contributed by atoms with Gasteiger partial charge >= 0.3 is 0 Å². The second-order valence-corrected chi connectivity index (χ2v) is 4.70. The number of hydrogen-bond donors (Lipinski definition) is 1. The molecule has 0 saturated carbocycles. The molecule has 3 aromatic rings. The molecule has 0 spiro atoms. The van der Waals surface area contributed by atoms with Crippen LogP contribution >= 0.6 is 0 Å². The number of benzene rings is 2. The molecule has 0 fully saturated rings. The van der Waals surface area contributed by atoms with Crippen LogP contribution in [0, 0.1) is 5.82 Å². The molecule has 4 nitrogen and oxygen atoms in total. The van der Waals surface area contributed by atoms with Gasteiger partial charge in [0.15, 0.2) is 0 Å². The van der Waals surface area contributed by atoms with Crippen molar-refractivity contribution in [3.05, 3.63) is 42.2 Å². The van der Waals surface area contributed by atoms with Crippen LogP contribution in [0.4, 0.5) is 4.39 Å². The van der Waals surface area contributed by atoms with Gasteiger partial charge in [-0.3, -0.25) is 0 Å². The first-order chi connectivity index (χ1) is 10.1. The molecule has 1 heterocycles. The highest BCUT2D eigenvalue weighted by Crippen LogP contribution is 2.32. The lowest BCUT2D eigenvalue weighted by molar-refractivity contribution is 0.415. The van der Waals surface area contributed by atoms with E-state index in [1.807, 2.05) is 29.7 Å². The zero-order chi connectivity index (χ0) is 15.0. The predicted molar refractivity (Wildman–Crippen MR) is 79.0 cm³/mol. The SMILES string of the molecule is CCn1c(-c2cc(F)ccc2O)nc2cc(OC)ccc21. The number of halogens is 1. The summed E-state index contributed by atoms with van der Waals surface area (Å²) in [6.45, 7) is 2.64. The van der Waals surface area contributed by atoms with E-state index in [0.29, 0.717) is 23.7 Å². The van der Waals surface area contributed by atoms with E-state index in [1.165, 1.54) is 18.2 Å². The second-order valence-electron chi connectivity index (χ2n) is 4.70. The van der Waals surface area contributed by atoms with Crippen molar-refractivity contribution in [3.8, 4) is 22.9 Å². The summed E-state index contributed by atoms with van der Waals surface area (Å²) in [7, 11) is 1.59. The van der Waals surface area contributed by atoms with Crippen LogP contribution in [0.3, 0.4) is 0 Å². The molecule has 21 heavy (non-hydrogen) atoms. The monoisotopic (exact) mass is 286 g/mol. The van der Waals surface area contributed by atoms with E-state index >= 15 is 0 Å². The molecule has 0 aliphatic heterocycles. The Labute approximate surface area is 121 Å². The fraction of sp³-hybridized carbons (Fsp3) is 0.188. The molecule has 0 atom stereocenters. The number of hydrogen-bond acceptors (Lipinski definition) is 3. The zero-order valence-electron chi connectivity index (χ0n) is 11.8. The fourth-order valence-corrected chi connectivity index (χ4v) is 2.45. The molecule has 1 aromatic heterocycles. The number of phenolic OH excluding ortho intramolecular Hbond substituents is 1. The normalized spacial score (nSPS) is 11.0. The lowest BCUT2D eigenvalue weighted by atomic mass is 10.2. The van der Waals surface area contributed by atoms with Crippen molar-refractivity contribution in [1.82, 2.24) is 9.55 Å². The maximum absolute atomic E-state index is 13.5. The molecule has 0 radical (unpaired) electrons. The van der Waals surface area contributed by atoms with E-state index < -0.39 is 5.82 Å². The maximum Gasteiger partial charge on any atom is 0.144 e. The first kappa shape index (κ1) is 13.4. The van der Waals surface area contributed by atoms with Crippen molar-refractivity contribution in [1.29, 1.82) is 0 Å². The van der Waals surface area contributed by atoms with Crippen LogP contribution < -0.4 is 4.74 Å². The number of aromatic nitrogens is 2. The highest BCUT2D eigenvalue weighted by atomic mass is 19.1. The molecule has 5 heteroatoms. The van der Waals surface area contributed by atoms with Crippen molar-refractivity contribution in [2.45, 2.75) is 13.5 Å². The van der Waals surface area contributed by atoms with Gasteiger partial charge in [-0.25, -0.2) is 9.37 Å². The molecule has 0 aliphatic rings. The quantitative estimate of drug-likeness (QED) is 0.800. The molecule has 0 saturated heterocycles. The van der Waals surface area contributed by atoms with Crippen molar-refractivity contribution in [3.63, 3.8) is 0 Å². The fourth-order valence-electron chi connectivity index (χ4n) is 2.45. The minimum Gasteiger partial charge on any atom is -0.507 e. The number of fused-ring (bicyclic) bond motifs is 1. The summed E-state index contributed by atoms with van der Waals surface area (Å²) in [6.07, 6.45) is 0. The summed E-state index contributed by atoms with van der Waals surface area (Å²) < 4.78 is 20.6. The standard InChI is InChI=1S/C16H15FN2O2/c1-3-19-14-6-5-11(21-2)9-13(14)18-16(19)12-8-10(17)4-7-15(12)20/h4-9,20H,3H2,1-2H3. The van der Waals surface area contributed by atoms with Crippen LogP contribution in [0.25, 0.3) is 22.4 Å². The Kier molecular flexibility index (Phi) is 3.25. The third-order valence-corrected chi connectivity index (χ3v) is 3.47. The van der Waals surface area contributed by atoms with E-state index in [-0.39, 0.29) is 5.75 Å². The van der Waals surface area contributed by atoms with E-state index in [0.717, 1.165) is 11.0 Å². The van der Waals surface area contributed by atoms with Gasteiger partial charge in [0.1, 0.15) is 23.1 Å². The smallest absolute Gasteiger partial charge is 0.144 e. The Bertz CT molecular complexity index is 811. The number of imidazole rings is 1. The highest BCUT2D eigenvalue weighted by molar-refractivity contribution is 5.83. The minimum atomic E-state index is -0.407. The summed E-state index contributed by atoms with van der Waals surface area (Å²) in [5.41, 5.74) is 2.04. The predicted octanol–water partition coefficient (Wildman–Crippen LogP) is 3.58. The minimum absolute atomic E-state index is 0.00775. The molecular weight excluding hydrogens is 271 g/mol. The molecule has 2 aromatic carbocycles. The summed E-state index contributed by atoms with van der Waals surface area (Å²) in [6, 6.07) is 9.43. The number of aromatic hydroxyl groups is 1. The zero-order valence-corrected chi connectivity index (χ0v) is 11.8. The van der Waals surface area contributed by atoms with E-state index in [2.05, 4.69) is 4.98 Å². The largest absolute Gasteiger partial charge is 0.507 e.